The number of carbonyl (C=O) groups is 1. The largest absolute Gasteiger partial charge is 0.333 e. The summed E-state index contributed by atoms with van der Waals surface area (Å²) in [4.78, 5) is 29.1. The number of thiazole rings is 1. The van der Waals surface area contributed by atoms with Crippen molar-refractivity contribution in [1.82, 2.24) is 19.9 Å². The Hall–Kier alpha value is -2.86. The monoisotopic (exact) mass is 404 g/mol. The molecule has 2 heterocycles. The van der Waals surface area contributed by atoms with Crippen LogP contribution >= 0.6 is 11.3 Å². The second kappa shape index (κ2) is 7.87. The van der Waals surface area contributed by atoms with Gasteiger partial charge in [0.25, 0.3) is 5.91 Å². The predicted molar refractivity (Wildman–Crippen MR) is 118 cm³/mol. The molecule has 1 amide bonds. The Balaban J connectivity index is 1.64. The Morgan fingerprint density at radius 2 is 1.66 bits per heavy atom. The molecule has 0 aliphatic carbocycles. The first kappa shape index (κ1) is 19.5. The molecule has 148 valence electrons. The Labute approximate surface area is 174 Å². The SMILES string of the molecule is CCc1nc2ccc(C(=O)N(C)[C@H](C)c3nc4ccccc4s3)cc2nc1CC. The molecule has 6 heteroatoms. The third-order valence-corrected chi connectivity index (χ3v) is 6.51. The molecule has 0 unspecified atom stereocenters. The minimum absolute atomic E-state index is 0.0435. The Bertz CT molecular complexity index is 1170. The van der Waals surface area contributed by atoms with Crippen LogP contribution in [-0.4, -0.2) is 32.8 Å². The van der Waals surface area contributed by atoms with Crippen LogP contribution in [0.5, 0.6) is 0 Å². The van der Waals surface area contributed by atoms with Crippen LogP contribution in [0, 0.1) is 0 Å². The molecule has 1 atom stereocenters. The molecule has 0 fully saturated rings. The van der Waals surface area contributed by atoms with Crippen LogP contribution < -0.4 is 0 Å². The molecule has 5 nitrogen and oxygen atoms in total. The van der Waals surface area contributed by atoms with Gasteiger partial charge in [0.1, 0.15) is 5.01 Å². The normalized spacial score (nSPS) is 12.4. The van der Waals surface area contributed by atoms with E-state index in [-0.39, 0.29) is 11.9 Å². The van der Waals surface area contributed by atoms with Gasteiger partial charge >= 0.3 is 0 Å². The number of hydrogen-bond acceptors (Lipinski definition) is 5. The summed E-state index contributed by atoms with van der Waals surface area (Å²) in [6.45, 7) is 6.18. The van der Waals surface area contributed by atoms with Crippen molar-refractivity contribution in [2.24, 2.45) is 0 Å². The molecule has 0 N–H and O–H groups in total. The molecular weight excluding hydrogens is 380 g/mol. The average Bonchev–Trinajstić information content (AvgIpc) is 3.20. The van der Waals surface area contributed by atoms with Crippen molar-refractivity contribution in [3.05, 3.63) is 64.4 Å². The van der Waals surface area contributed by atoms with Gasteiger partial charge in [0, 0.05) is 12.6 Å². The summed E-state index contributed by atoms with van der Waals surface area (Å²) < 4.78 is 1.13. The highest BCUT2D eigenvalue weighted by Crippen LogP contribution is 2.29. The van der Waals surface area contributed by atoms with Crippen LogP contribution in [0.2, 0.25) is 0 Å². The van der Waals surface area contributed by atoms with Gasteiger partial charge in [-0.25, -0.2) is 15.0 Å². The first-order valence-corrected chi connectivity index (χ1v) is 10.8. The van der Waals surface area contributed by atoms with Gasteiger partial charge in [-0.05, 0) is 50.1 Å². The van der Waals surface area contributed by atoms with Crippen molar-refractivity contribution in [2.45, 2.75) is 39.7 Å². The summed E-state index contributed by atoms with van der Waals surface area (Å²) in [6.07, 6.45) is 1.69. The molecule has 29 heavy (non-hydrogen) atoms. The quantitative estimate of drug-likeness (QED) is 0.459. The lowest BCUT2D eigenvalue weighted by molar-refractivity contribution is 0.0742. The maximum Gasteiger partial charge on any atom is 0.254 e. The van der Waals surface area contributed by atoms with E-state index in [1.165, 1.54) is 0 Å². The van der Waals surface area contributed by atoms with Gasteiger partial charge in [-0.1, -0.05) is 26.0 Å². The lowest BCUT2D eigenvalue weighted by atomic mass is 10.1. The van der Waals surface area contributed by atoms with E-state index >= 15 is 0 Å². The standard InChI is InChI=1S/C23H24N4OS/c1-5-16-17(6-2)25-20-13-15(11-12-18(20)24-16)23(28)27(4)14(3)22-26-19-9-7-8-10-21(19)29-22/h7-14H,5-6H2,1-4H3/t14-/m1/s1. The fourth-order valence-corrected chi connectivity index (χ4v) is 4.50. The zero-order chi connectivity index (χ0) is 20.5. The number of fused-ring (bicyclic) bond motifs is 2. The molecule has 0 aliphatic rings. The molecule has 0 saturated carbocycles. The van der Waals surface area contributed by atoms with E-state index in [0.29, 0.717) is 5.56 Å². The maximum atomic E-state index is 13.2. The Kier molecular flexibility index (Phi) is 5.28. The van der Waals surface area contributed by atoms with Gasteiger partial charge in [0.15, 0.2) is 0 Å². The number of benzene rings is 2. The molecule has 0 radical (unpaired) electrons. The second-order valence-electron chi connectivity index (χ2n) is 7.14. The molecule has 0 bridgehead atoms. The molecule has 4 aromatic rings. The molecule has 0 aliphatic heterocycles. The van der Waals surface area contributed by atoms with Crippen molar-refractivity contribution in [3.8, 4) is 0 Å². The Morgan fingerprint density at radius 3 is 2.34 bits per heavy atom. The molecule has 0 spiro atoms. The summed E-state index contributed by atoms with van der Waals surface area (Å²) in [5.41, 5.74) is 5.22. The summed E-state index contributed by atoms with van der Waals surface area (Å²) in [5.74, 6) is -0.0435. The molecule has 2 aromatic heterocycles. The van der Waals surface area contributed by atoms with Crippen molar-refractivity contribution in [2.75, 3.05) is 7.05 Å². The van der Waals surface area contributed by atoms with Crippen LogP contribution in [0.4, 0.5) is 0 Å². The fraction of sp³-hybridized carbons (Fsp3) is 0.304. The van der Waals surface area contributed by atoms with E-state index in [1.807, 2.05) is 50.4 Å². The topological polar surface area (TPSA) is 59.0 Å². The van der Waals surface area contributed by atoms with Gasteiger partial charge < -0.3 is 4.90 Å². The minimum atomic E-state index is -0.115. The summed E-state index contributed by atoms with van der Waals surface area (Å²) in [7, 11) is 1.83. The molecular formula is C23H24N4OS. The van der Waals surface area contributed by atoms with E-state index in [9.17, 15) is 4.79 Å². The van der Waals surface area contributed by atoms with E-state index in [0.717, 1.165) is 50.5 Å². The fourth-order valence-electron chi connectivity index (χ4n) is 3.44. The molecule has 4 rings (SSSR count). The third-order valence-electron chi connectivity index (χ3n) is 5.31. The number of rotatable bonds is 5. The first-order chi connectivity index (χ1) is 14.0. The highest BCUT2D eigenvalue weighted by Gasteiger charge is 2.22. The lowest BCUT2D eigenvalue weighted by Crippen LogP contribution is -2.29. The van der Waals surface area contributed by atoms with Gasteiger partial charge in [0.2, 0.25) is 0 Å². The molecule has 2 aromatic carbocycles. The van der Waals surface area contributed by atoms with Crippen molar-refractivity contribution < 1.29 is 4.79 Å². The summed E-state index contributed by atoms with van der Waals surface area (Å²) in [6, 6.07) is 13.5. The number of carbonyl (C=O) groups excluding carboxylic acids is 1. The number of aryl methyl sites for hydroxylation is 2. The van der Waals surface area contributed by atoms with E-state index in [4.69, 9.17) is 15.0 Å². The zero-order valence-electron chi connectivity index (χ0n) is 17.1. The van der Waals surface area contributed by atoms with Gasteiger partial charge in [-0.2, -0.15) is 0 Å². The minimum Gasteiger partial charge on any atom is -0.333 e. The van der Waals surface area contributed by atoms with Crippen LogP contribution in [0.3, 0.4) is 0 Å². The maximum absolute atomic E-state index is 13.2. The number of nitrogens with zero attached hydrogens (tertiary/aromatic N) is 4. The predicted octanol–water partition coefficient (Wildman–Crippen LogP) is 5.20. The van der Waals surface area contributed by atoms with Crippen molar-refractivity contribution in [1.29, 1.82) is 0 Å². The van der Waals surface area contributed by atoms with Gasteiger partial charge in [-0.15, -0.1) is 11.3 Å². The third kappa shape index (κ3) is 3.60. The number of aromatic nitrogens is 3. The number of amides is 1. The van der Waals surface area contributed by atoms with Crippen LogP contribution in [0.25, 0.3) is 21.3 Å². The average molecular weight is 405 g/mol. The van der Waals surface area contributed by atoms with Gasteiger partial charge in [0.05, 0.1) is 38.7 Å². The zero-order valence-corrected chi connectivity index (χ0v) is 18.0. The summed E-state index contributed by atoms with van der Waals surface area (Å²) >= 11 is 1.63. The van der Waals surface area contributed by atoms with Crippen LogP contribution in [0.15, 0.2) is 42.5 Å². The van der Waals surface area contributed by atoms with E-state index in [1.54, 1.807) is 16.2 Å². The van der Waals surface area contributed by atoms with Gasteiger partial charge in [-0.3, -0.25) is 4.79 Å². The highest BCUT2D eigenvalue weighted by molar-refractivity contribution is 7.18. The molecule has 0 saturated heterocycles. The second-order valence-corrected chi connectivity index (χ2v) is 8.20. The van der Waals surface area contributed by atoms with Crippen molar-refractivity contribution >= 4 is 38.5 Å². The smallest absolute Gasteiger partial charge is 0.254 e. The van der Waals surface area contributed by atoms with E-state index < -0.39 is 0 Å². The van der Waals surface area contributed by atoms with Crippen LogP contribution in [-0.2, 0) is 12.8 Å². The number of hydrogen-bond donors (Lipinski definition) is 0. The Morgan fingerprint density at radius 1 is 0.966 bits per heavy atom. The summed E-state index contributed by atoms with van der Waals surface area (Å²) in [5, 5.41) is 0.934. The highest BCUT2D eigenvalue weighted by atomic mass is 32.1. The van der Waals surface area contributed by atoms with Crippen LogP contribution in [0.1, 0.15) is 53.6 Å². The number of para-hydroxylation sites is 1. The van der Waals surface area contributed by atoms with E-state index in [2.05, 4.69) is 19.9 Å². The first-order valence-electron chi connectivity index (χ1n) is 9.94. The van der Waals surface area contributed by atoms with Crippen molar-refractivity contribution in [3.63, 3.8) is 0 Å². The lowest BCUT2D eigenvalue weighted by Gasteiger charge is -2.23.